The van der Waals surface area contributed by atoms with Crippen LogP contribution in [0.3, 0.4) is 0 Å². The Balaban J connectivity index is 1.90. The third kappa shape index (κ3) is 2.37. The summed E-state index contributed by atoms with van der Waals surface area (Å²) in [6.07, 6.45) is 3.20. The molecule has 1 aliphatic rings. The summed E-state index contributed by atoms with van der Waals surface area (Å²) < 4.78 is 0. The first-order valence-electron chi connectivity index (χ1n) is 6.38. The molecule has 0 aliphatic carbocycles. The van der Waals surface area contributed by atoms with E-state index in [1.165, 1.54) is 5.56 Å². The fourth-order valence-corrected chi connectivity index (χ4v) is 2.32. The molecule has 2 heterocycles. The van der Waals surface area contributed by atoms with E-state index < -0.39 is 0 Å². The molecule has 0 fully saturated rings. The molecule has 1 aliphatic heterocycles. The number of H-pyrrole nitrogens is 1. The molecule has 3 rings (SSSR count). The van der Waals surface area contributed by atoms with E-state index in [4.69, 9.17) is 0 Å². The Labute approximate surface area is 111 Å². The van der Waals surface area contributed by atoms with Crippen molar-refractivity contribution in [2.24, 2.45) is 0 Å². The predicted molar refractivity (Wildman–Crippen MR) is 73.7 cm³/mol. The van der Waals surface area contributed by atoms with Gasteiger partial charge in [-0.15, -0.1) is 0 Å². The maximum atomic E-state index is 11.3. The molecule has 0 saturated heterocycles. The molecular weight excluding hydrogens is 240 g/mol. The summed E-state index contributed by atoms with van der Waals surface area (Å²) in [5, 5.41) is 5.95. The van der Waals surface area contributed by atoms with Crippen LogP contribution in [0, 0.1) is 0 Å². The van der Waals surface area contributed by atoms with Crippen LogP contribution in [0.2, 0.25) is 0 Å². The second-order valence-electron chi connectivity index (χ2n) is 4.69. The summed E-state index contributed by atoms with van der Waals surface area (Å²) in [5.41, 5.74) is 4.21. The summed E-state index contributed by atoms with van der Waals surface area (Å²) in [4.78, 5) is 18.9. The standard InChI is InChI=1S/C14H16N4O/c1-15-8-13-16-7-12(17-13)10-2-4-11-9(6-10)3-5-14(19)18-11/h2,4,6-7,15H,3,5,8H2,1H3,(H,16,17)(H,18,19). The van der Waals surface area contributed by atoms with E-state index >= 15 is 0 Å². The van der Waals surface area contributed by atoms with Gasteiger partial charge >= 0.3 is 0 Å². The van der Waals surface area contributed by atoms with Gasteiger partial charge in [0, 0.05) is 12.1 Å². The number of aryl methyl sites for hydroxylation is 1. The average molecular weight is 256 g/mol. The van der Waals surface area contributed by atoms with Crippen LogP contribution < -0.4 is 10.6 Å². The first-order valence-corrected chi connectivity index (χ1v) is 6.38. The van der Waals surface area contributed by atoms with Crippen molar-refractivity contribution in [1.29, 1.82) is 0 Å². The van der Waals surface area contributed by atoms with E-state index in [9.17, 15) is 4.79 Å². The molecule has 1 aromatic carbocycles. The number of nitrogens with zero attached hydrogens (tertiary/aromatic N) is 1. The Bertz CT molecular complexity index is 618. The second kappa shape index (κ2) is 4.85. The highest BCUT2D eigenvalue weighted by Gasteiger charge is 2.15. The second-order valence-corrected chi connectivity index (χ2v) is 4.69. The van der Waals surface area contributed by atoms with Crippen LogP contribution in [0.5, 0.6) is 0 Å². The van der Waals surface area contributed by atoms with Gasteiger partial charge in [0.15, 0.2) is 0 Å². The number of carbonyl (C=O) groups excluding carboxylic acids is 1. The summed E-state index contributed by atoms with van der Waals surface area (Å²) in [7, 11) is 1.89. The molecule has 2 aromatic rings. The highest BCUT2D eigenvalue weighted by atomic mass is 16.1. The molecule has 98 valence electrons. The van der Waals surface area contributed by atoms with Gasteiger partial charge in [0.05, 0.1) is 18.4 Å². The van der Waals surface area contributed by atoms with Crippen LogP contribution in [0.4, 0.5) is 5.69 Å². The molecule has 3 N–H and O–H groups in total. The molecule has 0 saturated carbocycles. The van der Waals surface area contributed by atoms with E-state index in [-0.39, 0.29) is 5.91 Å². The average Bonchev–Trinajstić information content (AvgIpc) is 2.87. The first-order chi connectivity index (χ1) is 9.26. The lowest BCUT2D eigenvalue weighted by Gasteiger charge is -2.17. The largest absolute Gasteiger partial charge is 0.341 e. The lowest BCUT2D eigenvalue weighted by molar-refractivity contribution is -0.116. The van der Waals surface area contributed by atoms with Gasteiger partial charge in [-0.2, -0.15) is 0 Å². The lowest BCUT2D eigenvalue weighted by Crippen LogP contribution is -2.18. The molecule has 1 aromatic heterocycles. The zero-order valence-corrected chi connectivity index (χ0v) is 10.8. The van der Waals surface area contributed by atoms with Crippen molar-refractivity contribution in [3.63, 3.8) is 0 Å². The van der Waals surface area contributed by atoms with Crippen LogP contribution in [-0.2, 0) is 17.8 Å². The SMILES string of the molecule is CNCc1ncc(-c2ccc3c(c2)CCC(=O)N3)[nH]1. The molecule has 19 heavy (non-hydrogen) atoms. The summed E-state index contributed by atoms with van der Waals surface area (Å²) in [6, 6.07) is 6.08. The number of rotatable bonds is 3. The fourth-order valence-electron chi connectivity index (χ4n) is 2.32. The number of imidazole rings is 1. The Kier molecular flexibility index (Phi) is 3.05. The van der Waals surface area contributed by atoms with E-state index in [1.807, 2.05) is 25.4 Å². The van der Waals surface area contributed by atoms with Crippen molar-refractivity contribution in [3.8, 4) is 11.3 Å². The Morgan fingerprint density at radius 2 is 2.26 bits per heavy atom. The van der Waals surface area contributed by atoms with E-state index in [0.29, 0.717) is 6.42 Å². The van der Waals surface area contributed by atoms with Crippen molar-refractivity contribution < 1.29 is 4.79 Å². The van der Waals surface area contributed by atoms with E-state index in [2.05, 4.69) is 26.7 Å². The molecule has 0 spiro atoms. The number of aromatic amines is 1. The number of amides is 1. The molecular formula is C14H16N4O. The van der Waals surface area contributed by atoms with Crippen molar-refractivity contribution in [3.05, 3.63) is 35.8 Å². The number of benzene rings is 1. The Morgan fingerprint density at radius 1 is 1.37 bits per heavy atom. The van der Waals surface area contributed by atoms with Gasteiger partial charge in [-0.1, -0.05) is 6.07 Å². The highest BCUT2D eigenvalue weighted by Crippen LogP contribution is 2.27. The number of fused-ring (bicyclic) bond motifs is 1. The van der Waals surface area contributed by atoms with Gasteiger partial charge in [0.1, 0.15) is 5.82 Å². The molecule has 0 atom stereocenters. The quantitative estimate of drug-likeness (QED) is 0.782. The van der Waals surface area contributed by atoms with Crippen molar-refractivity contribution >= 4 is 11.6 Å². The van der Waals surface area contributed by atoms with Crippen LogP contribution in [0.15, 0.2) is 24.4 Å². The normalized spacial score (nSPS) is 14.1. The topological polar surface area (TPSA) is 69.8 Å². The third-order valence-corrected chi connectivity index (χ3v) is 3.28. The fraction of sp³-hybridized carbons (Fsp3) is 0.286. The van der Waals surface area contributed by atoms with Gasteiger partial charge in [-0.05, 0) is 36.7 Å². The van der Waals surface area contributed by atoms with Crippen molar-refractivity contribution in [1.82, 2.24) is 15.3 Å². The molecule has 1 amide bonds. The maximum absolute atomic E-state index is 11.3. The molecule has 5 nitrogen and oxygen atoms in total. The zero-order chi connectivity index (χ0) is 13.2. The minimum atomic E-state index is 0.0955. The number of nitrogens with one attached hydrogen (secondary N) is 3. The van der Waals surface area contributed by atoms with Crippen LogP contribution >= 0.6 is 0 Å². The van der Waals surface area contributed by atoms with Gasteiger partial charge < -0.3 is 15.6 Å². The molecule has 5 heteroatoms. The van der Waals surface area contributed by atoms with Gasteiger partial charge in [0.25, 0.3) is 0 Å². The number of aromatic nitrogens is 2. The van der Waals surface area contributed by atoms with Crippen LogP contribution in [-0.4, -0.2) is 22.9 Å². The van der Waals surface area contributed by atoms with E-state index in [1.54, 1.807) is 0 Å². The van der Waals surface area contributed by atoms with Gasteiger partial charge in [-0.3, -0.25) is 4.79 Å². The third-order valence-electron chi connectivity index (χ3n) is 3.28. The van der Waals surface area contributed by atoms with Crippen LogP contribution in [0.1, 0.15) is 17.8 Å². The monoisotopic (exact) mass is 256 g/mol. The minimum absolute atomic E-state index is 0.0955. The Hall–Kier alpha value is -2.14. The molecule has 0 unspecified atom stereocenters. The molecule has 0 bridgehead atoms. The zero-order valence-electron chi connectivity index (χ0n) is 10.8. The predicted octanol–water partition coefficient (Wildman–Crippen LogP) is 1.68. The van der Waals surface area contributed by atoms with E-state index in [0.717, 1.165) is 35.7 Å². The van der Waals surface area contributed by atoms with Gasteiger partial charge in [-0.25, -0.2) is 4.98 Å². The minimum Gasteiger partial charge on any atom is -0.341 e. The summed E-state index contributed by atoms with van der Waals surface area (Å²) >= 11 is 0. The summed E-state index contributed by atoms with van der Waals surface area (Å²) in [5.74, 6) is 1.02. The number of hydrogen-bond acceptors (Lipinski definition) is 3. The smallest absolute Gasteiger partial charge is 0.224 e. The molecule has 0 radical (unpaired) electrons. The number of carbonyl (C=O) groups is 1. The van der Waals surface area contributed by atoms with Crippen LogP contribution in [0.25, 0.3) is 11.3 Å². The summed E-state index contributed by atoms with van der Waals surface area (Å²) in [6.45, 7) is 0.723. The van der Waals surface area contributed by atoms with Crippen molar-refractivity contribution in [2.75, 3.05) is 12.4 Å². The van der Waals surface area contributed by atoms with Gasteiger partial charge in [0.2, 0.25) is 5.91 Å². The lowest BCUT2D eigenvalue weighted by atomic mass is 9.99. The maximum Gasteiger partial charge on any atom is 0.224 e. The highest BCUT2D eigenvalue weighted by molar-refractivity contribution is 5.94. The number of hydrogen-bond donors (Lipinski definition) is 3. The Morgan fingerprint density at radius 3 is 3.11 bits per heavy atom. The van der Waals surface area contributed by atoms with Crippen molar-refractivity contribution in [2.45, 2.75) is 19.4 Å². The first kappa shape index (κ1) is 11.9. The number of anilines is 1.